The maximum absolute atomic E-state index is 12.4. The van der Waals surface area contributed by atoms with E-state index >= 15 is 0 Å². The van der Waals surface area contributed by atoms with Crippen molar-refractivity contribution >= 4 is 12.0 Å². The van der Waals surface area contributed by atoms with Crippen LogP contribution in [0.15, 0.2) is 41.6 Å². The molecule has 0 saturated heterocycles. The van der Waals surface area contributed by atoms with Crippen LogP contribution in [-0.4, -0.2) is 17.6 Å². The Labute approximate surface area is 124 Å². The third-order valence-electron chi connectivity index (χ3n) is 3.02. The van der Waals surface area contributed by atoms with Gasteiger partial charge in [0.25, 0.3) is 0 Å². The van der Waals surface area contributed by atoms with Crippen molar-refractivity contribution < 1.29 is 14.3 Å². The van der Waals surface area contributed by atoms with Crippen LogP contribution in [0, 0.1) is 0 Å². The molecule has 0 radical (unpaired) electrons. The summed E-state index contributed by atoms with van der Waals surface area (Å²) >= 11 is 0. The first-order valence-electron chi connectivity index (χ1n) is 6.84. The number of hydrogen-bond acceptors (Lipinski definition) is 3. The highest BCUT2D eigenvalue weighted by Gasteiger charge is 2.33. The fraction of sp³-hybridized carbons (Fsp3) is 0.375. The molecule has 2 N–H and O–H groups in total. The summed E-state index contributed by atoms with van der Waals surface area (Å²) in [6.07, 6.45) is 0. The molecule has 0 aliphatic carbocycles. The Bertz CT molecular complexity index is 585. The SMILES string of the molecule is CC1=C(C(=O)OC(C)(C)C)[C@@H](c2ccccc2)NC(=O)N1. The van der Waals surface area contributed by atoms with Crippen LogP contribution < -0.4 is 10.6 Å². The summed E-state index contributed by atoms with van der Waals surface area (Å²) in [4.78, 5) is 24.1. The third kappa shape index (κ3) is 3.62. The second kappa shape index (κ2) is 5.60. The zero-order valence-electron chi connectivity index (χ0n) is 12.7. The lowest BCUT2D eigenvalue weighted by Gasteiger charge is -2.30. The van der Waals surface area contributed by atoms with Crippen molar-refractivity contribution in [3.63, 3.8) is 0 Å². The molecule has 0 saturated carbocycles. The van der Waals surface area contributed by atoms with Gasteiger partial charge in [0, 0.05) is 5.70 Å². The predicted octanol–water partition coefficient (Wildman–Crippen LogP) is 2.66. The van der Waals surface area contributed by atoms with Gasteiger partial charge in [-0.1, -0.05) is 30.3 Å². The number of esters is 1. The molecule has 1 aromatic carbocycles. The first kappa shape index (κ1) is 15.1. The van der Waals surface area contributed by atoms with Crippen LogP contribution in [0.4, 0.5) is 4.79 Å². The van der Waals surface area contributed by atoms with Gasteiger partial charge in [-0.05, 0) is 33.3 Å². The van der Waals surface area contributed by atoms with Crippen molar-refractivity contribution in [2.45, 2.75) is 39.3 Å². The van der Waals surface area contributed by atoms with Crippen LogP contribution in [0.1, 0.15) is 39.3 Å². The smallest absolute Gasteiger partial charge is 0.338 e. The molecule has 1 heterocycles. The molecular formula is C16H20N2O3. The summed E-state index contributed by atoms with van der Waals surface area (Å²) in [5, 5.41) is 5.40. The van der Waals surface area contributed by atoms with Gasteiger partial charge in [-0.15, -0.1) is 0 Å². The molecule has 5 nitrogen and oxygen atoms in total. The maximum Gasteiger partial charge on any atom is 0.338 e. The van der Waals surface area contributed by atoms with Crippen molar-refractivity contribution in [3.8, 4) is 0 Å². The van der Waals surface area contributed by atoms with Gasteiger partial charge in [0.2, 0.25) is 0 Å². The highest BCUT2D eigenvalue weighted by atomic mass is 16.6. The largest absolute Gasteiger partial charge is 0.456 e. The summed E-state index contributed by atoms with van der Waals surface area (Å²) in [5.74, 6) is -0.429. The highest BCUT2D eigenvalue weighted by molar-refractivity contribution is 5.95. The number of ether oxygens (including phenoxy) is 1. The second-order valence-electron chi connectivity index (χ2n) is 5.98. The Kier molecular flexibility index (Phi) is 4.02. The van der Waals surface area contributed by atoms with Gasteiger partial charge in [-0.3, -0.25) is 0 Å². The Morgan fingerprint density at radius 1 is 1.19 bits per heavy atom. The second-order valence-corrected chi connectivity index (χ2v) is 5.98. The van der Waals surface area contributed by atoms with Crippen LogP contribution in [0.5, 0.6) is 0 Å². The average Bonchev–Trinajstić information content (AvgIpc) is 2.36. The van der Waals surface area contributed by atoms with E-state index in [1.165, 1.54) is 0 Å². The van der Waals surface area contributed by atoms with Gasteiger partial charge in [-0.25, -0.2) is 9.59 Å². The zero-order valence-corrected chi connectivity index (χ0v) is 12.7. The van der Waals surface area contributed by atoms with E-state index in [9.17, 15) is 9.59 Å². The van der Waals surface area contributed by atoms with Gasteiger partial charge in [0.1, 0.15) is 5.60 Å². The number of rotatable bonds is 2. The molecule has 0 aromatic heterocycles. The molecule has 0 bridgehead atoms. The fourth-order valence-electron chi connectivity index (χ4n) is 2.19. The van der Waals surface area contributed by atoms with Gasteiger partial charge >= 0.3 is 12.0 Å². The predicted molar refractivity (Wildman–Crippen MR) is 79.4 cm³/mol. The Balaban J connectivity index is 2.40. The van der Waals surface area contributed by atoms with Crippen LogP contribution >= 0.6 is 0 Å². The van der Waals surface area contributed by atoms with E-state index in [2.05, 4.69) is 10.6 Å². The molecule has 1 atom stereocenters. The topological polar surface area (TPSA) is 67.4 Å². The van der Waals surface area contributed by atoms with Gasteiger partial charge in [0.15, 0.2) is 0 Å². The number of allylic oxidation sites excluding steroid dienone is 1. The minimum Gasteiger partial charge on any atom is -0.456 e. The summed E-state index contributed by atoms with van der Waals surface area (Å²) in [5.41, 5.74) is 1.19. The van der Waals surface area contributed by atoms with E-state index in [-0.39, 0.29) is 6.03 Å². The van der Waals surface area contributed by atoms with E-state index in [1.807, 2.05) is 51.1 Å². The number of benzene rings is 1. The molecule has 0 spiro atoms. The molecule has 2 rings (SSSR count). The van der Waals surface area contributed by atoms with E-state index < -0.39 is 17.6 Å². The fourth-order valence-corrected chi connectivity index (χ4v) is 2.19. The number of amides is 2. The van der Waals surface area contributed by atoms with E-state index in [0.717, 1.165) is 5.56 Å². The van der Waals surface area contributed by atoms with Gasteiger partial charge in [0.05, 0.1) is 11.6 Å². The summed E-state index contributed by atoms with van der Waals surface area (Å²) in [7, 11) is 0. The van der Waals surface area contributed by atoms with Crippen LogP contribution in [0.25, 0.3) is 0 Å². The van der Waals surface area contributed by atoms with Crippen LogP contribution in [-0.2, 0) is 9.53 Å². The summed E-state index contributed by atoms with van der Waals surface area (Å²) in [6.45, 7) is 7.14. The number of urea groups is 1. The van der Waals surface area contributed by atoms with Crippen molar-refractivity contribution in [3.05, 3.63) is 47.2 Å². The van der Waals surface area contributed by atoms with E-state index in [4.69, 9.17) is 4.74 Å². The molecule has 1 aromatic rings. The highest BCUT2D eigenvalue weighted by Crippen LogP contribution is 2.28. The normalized spacial score (nSPS) is 18.9. The van der Waals surface area contributed by atoms with Gasteiger partial charge < -0.3 is 15.4 Å². The van der Waals surface area contributed by atoms with Crippen molar-refractivity contribution in [1.29, 1.82) is 0 Å². The molecular weight excluding hydrogens is 268 g/mol. The van der Waals surface area contributed by atoms with Crippen LogP contribution in [0.3, 0.4) is 0 Å². The molecule has 1 aliphatic rings. The monoisotopic (exact) mass is 288 g/mol. The Morgan fingerprint density at radius 3 is 2.38 bits per heavy atom. The number of carbonyl (C=O) groups is 2. The quantitative estimate of drug-likeness (QED) is 0.822. The molecule has 2 amide bonds. The lowest BCUT2D eigenvalue weighted by molar-refractivity contribution is -0.150. The molecule has 0 unspecified atom stereocenters. The standard InChI is InChI=1S/C16H20N2O3/c1-10-12(14(19)21-16(2,3)4)13(18-15(20)17-10)11-8-6-5-7-9-11/h5-9,13H,1-4H3,(H2,17,18,20)/t13-/m1/s1. The van der Waals surface area contributed by atoms with Crippen molar-refractivity contribution in [2.24, 2.45) is 0 Å². The number of carbonyl (C=O) groups excluding carboxylic acids is 2. The van der Waals surface area contributed by atoms with Crippen molar-refractivity contribution in [1.82, 2.24) is 10.6 Å². The third-order valence-corrected chi connectivity index (χ3v) is 3.02. The maximum atomic E-state index is 12.4. The zero-order chi connectivity index (χ0) is 15.6. The summed E-state index contributed by atoms with van der Waals surface area (Å²) in [6, 6.07) is 8.53. The molecule has 1 aliphatic heterocycles. The first-order valence-corrected chi connectivity index (χ1v) is 6.84. The number of nitrogens with one attached hydrogen (secondary N) is 2. The average molecular weight is 288 g/mol. The van der Waals surface area contributed by atoms with Gasteiger partial charge in [-0.2, -0.15) is 0 Å². The minimum absolute atomic E-state index is 0.325. The molecule has 5 heteroatoms. The molecule has 21 heavy (non-hydrogen) atoms. The first-order chi connectivity index (χ1) is 9.78. The molecule has 0 fully saturated rings. The van der Waals surface area contributed by atoms with E-state index in [0.29, 0.717) is 11.3 Å². The minimum atomic E-state index is -0.590. The van der Waals surface area contributed by atoms with Crippen molar-refractivity contribution in [2.75, 3.05) is 0 Å². The Hall–Kier alpha value is -2.30. The molecule has 112 valence electrons. The number of hydrogen-bond donors (Lipinski definition) is 2. The van der Waals surface area contributed by atoms with E-state index in [1.54, 1.807) is 6.92 Å². The lowest BCUT2D eigenvalue weighted by Crippen LogP contribution is -2.46. The summed E-state index contributed by atoms with van der Waals surface area (Å²) < 4.78 is 5.45. The van der Waals surface area contributed by atoms with Crippen LogP contribution in [0.2, 0.25) is 0 Å². The lowest BCUT2D eigenvalue weighted by atomic mass is 9.95. The Morgan fingerprint density at radius 2 is 1.81 bits per heavy atom.